The molecule has 1 atom stereocenters. The summed E-state index contributed by atoms with van der Waals surface area (Å²) in [5, 5.41) is 10.2. The first kappa shape index (κ1) is 22.1. The number of carbonyl (C=O) groups excluding carboxylic acids is 1. The maximum Gasteiger partial charge on any atom is 0.408 e. The average molecular weight is 473 g/mol. The van der Waals surface area contributed by atoms with E-state index < -0.39 is 12.2 Å². The second-order valence-corrected chi connectivity index (χ2v) is 8.23. The number of nitrogens with one attached hydrogen (secondary N) is 3. The smallest absolute Gasteiger partial charge is 0.381 e. The first-order valence-corrected chi connectivity index (χ1v) is 10.8. The Hall–Kier alpha value is -3.67. The summed E-state index contributed by atoms with van der Waals surface area (Å²) in [4.78, 5) is 24.1. The maximum atomic E-state index is 12.9. The minimum atomic E-state index is -4.41. The number of H-pyrrole nitrogens is 1. The van der Waals surface area contributed by atoms with Crippen molar-refractivity contribution >= 4 is 28.4 Å². The fourth-order valence-electron chi connectivity index (χ4n) is 3.92. The van der Waals surface area contributed by atoms with Crippen LogP contribution in [0.2, 0.25) is 0 Å². The van der Waals surface area contributed by atoms with Crippen molar-refractivity contribution in [3.8, 4) is 11.1 Å². The molecule has 3 N–H and O–H groups in total. The van der Waals surface area contributed by atoms with Crippen LogP contribution in [0.5, 0.6) is 0 Å². The summed E-state index contributed by atoms with van der Waals surface area (Å²) in [5.74, 6) is -0.320. The van der Waals surface area contributed by atoms with Gasteiger partial charge in [0.15, 0.2) is 0 Å². The molecule has 1 saturated heterocycles. The maximum absolute atomic E-state index is 12.9. The second-order valence-electron chi connectivity index (χ2n) is 8.23. The fraction of sp³-hybridized carbons (Fsp3) is 0.364. The van der Waals surface area contributed by atoms with Gasteiger partial charge in [-0.1, -0.05) is 0 Å². The van der Waals surface area contributed by atoms with Gasteiger partial charge in [0, 0.05) is 48.8 Å². The lowest BCUT2D eigenvalue weighted by atomic mass is 10.1. The summed E-state index contributed by atoms with van der Waals surface area (Å²) in [5.41, 5.74) is 3.02. The van der Waals surface area contributed by atoms with Crippen molar-refractivity contribution in [2.45, 2.75) is 38.0 Å². The van der Waals surface area contributed by atoms with Crippen molar-refractivity contribution in [2.75, 3.05) is 18.5 Å². The number of halogens is 3. The molecular formula is C22H22F3N7O2. The second kappa shape index (κ2) is 8.60. The largest absolute Gasteiger partial charge is 0.408 e. The minimum absolute atomic E-state index is 0.0630. The number of hydrogen-bond donors (Lipinski definition) is 3. The van der Waals surface area contributed by atoms with Crippen LogP contribution < -0.4 is 10.6 Å². The quantitative estimate of drug-likeness (QED) is 0.409. The third kappa shape index (κ3) is 4.28. The van der Waals surface area contributed by atoms with E-state index >= 15 is 0 Å². The molecule has 0 aromatic carbocycles. The molecule has 1 amide bonds. The molecule has 5 heterocycles. The van der Waals surface area contributed by atoms with E-state index in [-0.39, 0.29) is 17.9 Å². The zero-order valence-electron chi connectivity index (χ0n) is 18.2. The predicted molar refractivity (Wildman–Crippen MR) is 119 cm³/mol. The Balaban J connectivity index is 1.43. The predicted octanol–water partition coefficient (Wildman–Crippen LogP) is 3.54. The number of anilines is 1. The number of aromatic amines is 1. The number of fused-ring (bicyclic) bond motifs is 2. The molecule has 1 aliphatic rings. The Morgan fingerprint density at radius 2 is 2.09 bits per heavy atom. The standard InChI is InChI=1S/C22H22F3N7O2/c1-12(22(23,24)25)29-21-27-10-16-15(9-26-19(16)31-21)13-2-5-32-18(8-13)17(11-28-32)20(33)30-14-3-6-34-7-4-14/h2,5,8-12,14H,3-4,6-7H2,1H3,(H,30,33)(H2,26,27,29,31)/t12-/m0/s1. The van der Waals surface area contributed by atoms with Gasteiger partial charge in [-0.2, -0.15) is 23.3 Å². The number of nitrogens with zero attached hydrogens (tertiary/aromatic N) is 4. The van der Waals surface area contributed by atoms with Crippen molar-refractivity contribution in [3.63, 3.8) is 0 Å². The number of hydrogen-bond acceptors (Lipinski definition) is 6. The van der Waals surface area contributed by atoms with Crippen molar-refractivity contribution in [1.29, 1.82) is 0 Å². The van der Waals surface area contributed by atoms with E-state index in [9.17, 15) is 18.0 Å². The first-order chi connectivity index (χ1) is 16.3. The highest BCUT2D eigenvalue weighted by molar-refractivity contribution is 6.02. The molecule has 5 rings (SSSR count). The number of carbonyl (C=O) groups is 1. The van der Waals surface area contributed by atoms with Crippen LogP contribution in [0, 0.1) is 0 Å². The summed E-state index contributed by atoms with van der Waals surface area (Å²) in [6.07, 6.45) is 3.59. The van der Waals surface area contributed by atoms with E-state index in [2.05, 4.69) is 30.7 Å². The molecule has 34 heavy (non-hydrogen) atoms. The summed E-state index contributed by atoms with van der Waals surface area (Å²) in [7, 11) is 0. The number of rotatable bonds is 5. The summed E-state index contributed by atoms with van der Waals surface area (Å²) in [6.45, 7) is 2.25. The Kier molecular flexibility index (Phi) is 5.60. The lowest BCUT2D eigenvalue weighted by Crippen LogP contribution is -2.38. The van der Waals surface area contributed by atoms with Gasteiger partial charge >= 0.3 is 6.18 Å². The zero-order valence-corrected chi connectivity index (χ0v) is 18.2. The van der Waals surface area contributed by atoms with Gasteiger partial charge in [0.05, 0.1) is 17.3 Å². The van der Waals surface area contributed by atoms with Crippen molar-refractivity contribution in [3.05, 3.63) is 42.5 Å². The number of amides is 1. The molecule has 0 aliphatic carbocycles. The van der Waals surface area contributed by atoms with Crippen LogP contribution in [-0.2, 0) is 4.74 Å². The van der Waals surface area contributed by atoms with Gasteiger partial charge in [-0.05, 0) is 37.5 Å². The highest BCUT2D eigenvalue weighted by Crippen LogP contribution is 2.30. The van der Waals surface area contributed by atoms with E-state index in [1.54, 1.807) is 16.9 Å². The molecule has 0 unspecified atom stereocenters. The first-order valence-electron chi connectivity index (χ1n) is 10.8. The zero-order chi connectivity index (χ0) is 23.9. The molecule has 0 saturated carbocycles. The van der Waals surface area contributed by atoms with Crippen LogP contribution in [-0.4, -0.2) is 61.9 Å². The van der Waals surface area contributed by atoms with Gasteiger partial charge in [0.25, 0.3) is 5.91 Å². The molecule has 0 radical (unpaired) electrons. The van der Waals surface area contributed by atoms with Crippen molar-refractivity contribution < 1.29 is 22.7 Å². The monoisotopic (exact) mass is 473 g/mol. The van der Waals surface area contributed by atoms with E-state index in [4.69, 9.17) is 4.74 Å². The number of pyridine rings is 1. The van der Waals surface area contributed by atoms with Gasteiger partial charge in [-0.15, -0.1) is 0 Å². The molecule has 4 aromatic rings. The molecule has 1 fully saturated rings. The third-order valence-corrected chi connectivity index (χ3v) is 5.90. The number of ether oxygens (including phenoxy) is 1. The lowest BCUT2D eigenvalue weighted by molar-refractivity contribution is -0.138. The highest BCUT2D eigenvalue weighted by atomic mass is 19.4. The van der Waals surface area contributed by atoms with Crippen LogP contribution in [0.25, 0.3) is 27.7 Å². The summed E-state index contributed by atoms with van der Waals surface area (Å²) < 4.78 is 45.4. The van der Waals surface area contributed by atoms with E-state index in [0.717, 1.165) is 30.9 Å². The van der Waals surface area contributed by atoms with E-state index in [1.165, 1.54) is 12.4 Å². The number of aromatic nitrogens is 5. The minimum Gasteiger partial charge on any atom is -0.381 e. The molecule has 12 heteroatoms. The van der Waals surface area contributed by atoms with E-state index in [1.807, 2.05) is 12.1 Å². The van der Waals surface area contributed by atoms with E-state index in [0.29, 0.717) is 35.3 Å². The Labute approximate surface area is 191 Å². The molecule has 0 bridgehead atoms. The average Bonchev–Trinajstić information content (AvgIpc) is 3.42. The number of alkyl halides is 3. The molecule has 4 aromatic heterocycles. The molecule has 178 valence electrons. The third-order valence-electron chi connectivity index (χ3n) is 5.90. The van der Waals surface area contributed by atoms with Crippen LogP contribution >= 0.6 is 0 Å². The van der Waals surface area contributed by atoms with Crippen LogP contribution in [0.1, 0.15) is 30.1 Å². The summed E-state index contributed by atoms with van der Waals surface area (Å²) in [6, 6.07) is 1.95. The highest BCUT2D eigenvalue weighted by Gasteiger charge is 2.36. The topological polar surface area (TPSA) is 109 Å². The molecule has 9 nitrogen and oxygen atoms in total. The normalized spacial score (nSPS) is 16.1. The Bertz CT molecular complexity index is 1340. The van der Waals surface area contributed by atoms with Crippen LogP contribution in [0.15, 0.2) is 36.9 Å². The molecule has 0 spiro atoms. The van der Waals surface area contributed by atoms with Gasteiger partial charge in [0.2, 0.25) is 5.95 Å². The molecular weight excluding hydrogens is 451 g/mol. The molecule has 1 aliphatic heterocycles. The Morgan fingerprint density at radius 1 is 1.29 bits per heavy atom. The lowest BCUT2D eigenvalue weighted by Gasteiger charge is -2.22. The van der Waals surface area contributed by atoms with Crippen LogP contribution in [0.3, 0.4) is 0 Å². The fourth-order valence-corrected chi connectivity index (χ4v) is 3.92. The van der Waals surface area contributed by atoms with Crippen LogP contribution in [0.4, 0.5) is 19.1 Å². The Morgan fingerprint density at radius 3 is 2.85 bits per heavy atom. The SMILES string of the molecule is C[C@H](Nc1ncc2c(-c3ccn4ncc(C(=O)NC5CCOCC5)c4c3)c[nH]c2n1)C(F)(F)F. The van der Waals surface area contributed by atoms with Gasteiger partial charge in [0.1, 0.15) is 11.7 Å². The summed E-state index contributed by atoms with van der Waals surface area (Å²) >= 11 is 0. The van der Waals surface area contributed by atoms with Gasteiger partial charge < -0.3 is 20.4 Å². The van der Waals surface area contributed by atoms with Crippen molar-refractivity contribution in [2.24, 2.45) is 0 Å². The van der Waals surface area contributed by atoms with Gasteiger partial charge in [-0.3, -0.25) is 4.79 Å². The van der Waals surface area contributed by atoms with Crippen molar-refractivity contribution in [1.82, 2.24) is 29.9 Å². The van der Waals surface area contributed by atoms with Gasteiger partial charge in [-0.25, -0.2) is 9.50 Å².